The van der Waals surface area contributed by atoms with Crippen molar-refractivity contribution in [3.05, 3.63) is 44.6 Å². The molecule has 2 aromatic rings. The molecule has 2 N–H and O–H groups in total. The molecule has 0 aliphatic carbocycles. The van der Waals surface area contributed by atoms with E-state index in [0.29, 0.717) is 29.1 Å². The Kier molecular flexibility index (Phi) is 6.64. The van der Waals surface area contributed by atoms with E-state index in [1.165, 1.54) is 26.4 Å². The second-order valence-corrected chi connectivity index (χ2v) is 7.28. The Hall–Kier alpha value is -2.45. The third-order valence-corrected chi connectivity index (χ3v) is 5.39. The van der Waals surface area contributed by atoms with Crippen LogP contribution in [0.5, 0.6) is 0 Å². The van der Waals surface area contributed by atoms with Gasteiger partial charge in [-0.3, -0.25) is 19.1 Å². The predicted molar refractivity (Wildman–Crippen MR) is 108 cm³/mol. The molecule has 1 unspecified atom stereocenters. The van der Waals surface area contributed by atoms with E-state index in [2.05, 4.69) is 22.1 Å². The number of nitrogens with zero attached hydrogens (tertiary/aromatic N) is 2. The summed E-state index contributed by atoms with van der Waals surface area (Å²) in [6.45, 7) is 5.13. The minimum atomic E-state index is -0.508. The van der Waals surface area contributed by atoms with Gasteiger partial charge >= 0.3 is 5.69 Å². The number of piperidine rings is 1. The van der Waals surface area contributed by atoms with E-state index in [1.54, 1.807) is 18.2 Å². The zero-order valence-corrected chi connectivity index (χ0v) is 16.5. The molecule has 1 saturated heterocycles. The zero-order chi connectivity index (χ0) is 20.1. The lowest BCUT2D eigenvalue weighted by molar-refractivity contribution is 0.0938. The highest BCUT2D eigenvalue weighted by Gasteiger charge is 2.18. The molecule has 28 heavy (non-hydrogen) atoms. The number of aromatic amines is 1. The molecule has 1 fully saturated rings. The van der Waals surface area contributed by atoms with Crippen LogP contribution in [0.1, 0.15) is 36.5 Å². The summed E-state index contributed by atoms with van der Waals surface area (Å²) < 4.78 is 6.04. The molecule has 2 heterocycles. The van der Waals surface area contributed by atoms with Crippen molar-refractivity contribution in [3.8, 4) is 0 Å². The van der Waals surface area contributed by atoms with Crippen LogP contribution in [0.15, 0.2) is 27.8 Å². The largest absolute Gasteiger partial charge is 0.383 e. The van der Waals surface area contributed by atoms with Gasteiger partial charge < -0.3 is 15.0 Å². The SMILES string of the molecule is COCCn1c(=O)[nH]c2cc(C(=O)NCCN3CCCCC3C)ccc2c1=O. The fourth-order valence-electron chi connectivity index (χ4n) is 3.69. The first-order valence-electron chi connectivity index (χ1n) is 9.79. The average Bonchev–Trinajstić information content (AvgIpc) is 2.69. The number of benzene rings is 1. The van der Waals surface area contributed by atoms with Crippen LogP contribution >= 0.6 is 0 Å². The maximum Gasteiger partial charge on any atom is 0.328 e. The van der Waals surface area contributed by atoms with Gasteiger partial charge in [-0.2, -0.15) is 0 Å². The topological polar surface area (TPSA) is 96.4 Å². The highest BCUT2D eigenvalue weighted by Crippen LogP contribution is 2.15. The monoisotopic (exact) mass is 388 g/mol. The number of likely N-dealkylation sites (tertiary alicyclic amines) is 1. The molecule has 1 aliphatic rings. The van der Waals surface area contributed by atoms with Crippen LogP contribution in [0.3, 0.4) is 0 Å². The number of hydrogen-bond donors (Lipinski definition) is 2. The van der Waals surface area contributed by atoms with Crippen molar-refractivity contribution in [2.24, 2.45) is 0 Å². The van der Waals surface area contributed by atoms with Gasteiger partial charge in [-0.25, -0.2) is 4.79 Å². The standard InChI is InChI=1S/C20H28N4O4/c1-14-5-3-4-9-23(14)10-8-21-18(25)15-6-7-16-17(13-15)22-20(27)24(19(16)26)11-12-28-2/h6-7,13-14H,3-5,8-12H2,1-2H3,(H,21,25)(H,22,27). The van der Waals surface area contributed by atoms with Crippen LogP contribution < -0.4 is 16.6 Å². The summed E-state index contributed by atoms with van der Waals surface area (Å²) in [4.78, 5) is 42.2. The van der Waals surface area contributed by atoms with Crippen molar-refractivity contribution < 1.29 is 9.53 Å². The molecule has 1 atom stereocenters. The normalized spacial score (nSPS) is 17.7. The fourth-order valence-corrected chi connectivity index (χ4v) is 3.69. The first-order chi connectivity index (χ1) is 13.5. The lowest BCUT2D eigenvalue weighted by Gasteiger charge is -2.33. The van der Waals surface area contributed by atoms with Crippen LogP contribution in [0.2, 0.25) is 0 Å². The molecule has 1 aromatic carbocycles. The Labute approximate surface area is 163 Å². The van der Waals surface area contributed by atoms with Gasteiger partial charge in [0, 0.05) is 31.8 Å². The molecule has 152 valence electrons. The highest BCUT2D eigenvalue weighted by molar-refractivity contribution is 5.97. The third-order valence-electron chi connectivity index (χ3n) is 5.39. The minimum Gasteiger partial charge on any atom is -0.383 e. The first-order valence-corrected chi connectivity index (χ1v) is 9.79. The van der Waals surface area contributed by atoms with Crippen molar-refractivity contribution in [2.75, 3.05) is 33.4 Å². The maximum absolute atomic E-state index is 12.5. The Balaban J connectivity index is 1.70. The van der Waals surface area contributed by atoms with E-state index >= 15 is 0 Å². The number of aromatic nitrogens is 2. The van der Waals surface area contributed by atoms with Crippen molar-refractivity contribution in [1.82, 2.24) is 19.8 Å². The smallest absolute Gasteiger partial charge is 0.328 e. The zero-order valence-electron chi connectivity index (χ0n) is 16.5. The summed E-state index contributed by atoms with van der Waals surface area (Å²) in [6, 6.07) is 5.30. The number of methoxy groups -OCH3 is 1. The lowest BCUT2D eigenvalue weighted by atomic mass is 10.0. The molecule has 0 bridgehead atoms. The highest BCUT2D eigenvalue weighted by atomic mass is 16.5. The molecular formula is C20H28N4O4. The predicted octanol–water partition coefficient (Wildman–Crippen LogP) is 0.940. The molecule has 3 rings (SSSR count). The van der Waals surface area contributed by atoms with Gasteiger partial charge in [0.1, 0.15) is 0 Å². The molecule has 0 radical (unpaired) electrons. The molecule has 8 heteroatoms. The fraction of sp³-hybridized carbons (Fsp3) is 0.550. The summed E-state index contributed by atoms with van der Waals surface area (Å²) in [6.07, 6.45) is 3.68. The second-order valence-electron chi connectivity index (χ2n) is 7.28. The molecule has 0 spiro atoms. The number of carbonyl (C=O) groups excluding carboxylic acids is 1. The van der Waals surface area contributed by atoms with E-state index < -0.39 is 5.69 Å². The summed E-state index contributed by atoms with van der Waals surface area (Å²) in [5, 5.41) is 3.30. The van der Waals surface area contributed by atoms with Gasteiger partial charge in [0.05, 0.1) is 24.1 Å². The molecule has 0 saturated carbocycles. The molecular weight excluding hydrogens is 360 g/mol. The summed E-state index contributed by atoms with van der Waals surface area (Å²) in [5.74, 6) is -0.212. The van der Waals surface area contributed by atoms with Crippen LogP contribution in [-0.4, -0.2) is 59.8 Å². The number of amides is 1. The Morgan fingerprint density at radius 2 is 2.11 bits per heavy atom. The van der Waals surface area contributed by atoms with Crippen molar-refractivity contribution >= 4 is 16.8 Å². The summed E-state index contributed by atoms with van der Waals surface area (Å²) in [5.41, 5.74) is -0.113. The molecule has 1 aliphatic heterocycles. The van der Waals surface area contributed by atoms with Crippen molar-refractivity contribution in [3.63, 3.8) is 0 Å². The van der Waals surface area contributed by atoms with E-state index in [-0.39, 0.29) is 24.6 Å². The Morgan fingerprint density at radius 3 is 2.86 bits per heavy atom. The number of ether oxygens (including phenoxy) is 1. The molecule has 8 nitrogen and oxygen atoms in total. The van der Waals surface area contributed by atoms with E-state index in [9.17, 15) is 14.4 Å². The summed E-state index contributed by atoms with van der Waals surface area (Å²) >= 11 is 0. The van der Waals surface area contributed by atoms with Crippen LogP contribution in [0.4, 0.5) is 0 Å². The Bertz CT molecular complexity index is 949. The third kappa shape index (κ3) is 4.51. The molecule has 1 amide bonds. The Morgan fingerprint density at radius 1 is 1.29 bits per heavy atom. The first kappa shape index (κ1) is 20.3. The minimum absolute atomic E-state index is 0.178. The van der Waals surface area contributed by atoms with E-state index in [1.807, 2.05) is 0 Å². The quantitative estimate of drug-likeness (QED) is 0.736. The van der Waals surface area contributed by atoms with Gasteiger partial charge in [-0.1, -0.05) is 6.42 Å². The van der Waals surface area contributed by atoms with E-state index in [4.69, 9.17) is 4.74 Å². The van der Waals surface area contributed by atoms with Crippen LogP contribution in [0, 0.1) is 0 Å². The summed E-state index contributed by atoms with van der Waals surface area (Å²) in [7, 11) is 1.51. The lowest BCUT2D eigenvalue weighted by Crippen LogP contribution is -2.42. The number of nitrogens with one attached hydrogen (secondary N) is 2. The van der Waals surface area contributed by atoms with Crippen LogP contribution in [0.25, 0.3) is 10.9 Å². The number of fused-ring (bicyclic) bond motifs is 1. The number of H-pyrrole nitrogens is 1. The number of carbonyl (C=O) groups is 1. The van der Waals surface area contributed by atoms with E-state index in [0.717, 1.165) is 17.7 Å². The van der Waals surface area contributed by atoms with Gasteiger partial charge in [0.25, 0.3) is 11.5 Å². The van der Waals surface area contributed by atoms with Gasteiger partial charge in [-0.05, 0) is 44.5 Å². The number of rotatable bonds is 7. The van der Waals surface area contributed by atoms with Crippen molar-refractivity contribution in [2.45, 2.75) is 38.8 Å². The molecule has 1 aromatic heterocycles. The van der Waals surface area contributed by atoms with Crippen LogP contribution in [-0.2, 0) is 11.3 Å². The second kappa shape index (κ2) is 9.16. The van der Waals surface area contributed by atoms with Gasteiger partial charge in [0.15, 0.2) is 0 Å². The van der Waals surface area contributed by atoms with Gasteiger partial charge in [0.2, 0.25) is 0 Å². The maximum atomic E-state index is 12.5. The number of hydrogen-bond acceptors (Lipinski definition) is 5. The average molecular weight is 388 g/mol. The van der Waals surface area contributed by atoms with Crippen molar-refractivity contribution in [1.29, 1.82) is 0 Å². The van der Waals surface area contributed by atoms with Gasteiger partial charge in [-0.15, -0.1) is 0 Å².